The number of rotatable bonds is 7. The molecule has 0 aromatic rings. The van der Waals surface area contributed by atoms with Gasteiger partial charge in [0.05, 0.1) is 0 Å². The zero-order valence-electron chi connectivity index (χ0n) is 18.9. The van der Waals surface area contributed by atoms with E-state index in [2.05, 4.69) is 40.3 Å². The number of carbonyl (C=O) groups excluding carboxylic acids is 1. The van der Waals surface area contributed by atoms with E-state index in [4.69, 9.17) is 0 Å². The number of fused-ring (bicyclic) bond motifs is 1. The van der Waals surface area contributed by atoms with Gasteiger partial charge in [0.2, 0.25) is 0 Å². The fourth-order valence-electron chi connectivity index (χ4n) is 6.72. The van der Waals surface area contributed by atoms with Crippen molar-refractivity contribution in [3.8, 4) is 0 Å². The van der Waals surface area contributed by atoms with Crippen LogP contribution < -0.4 is 0 Å². The Morgan fingerprint density at radius 2 is 2.04 bits per heavy atom. The van der Waals surface area contributed by atoms with Gasteiger partial charge in [-0.05, 0) is 100 Å². The fraction of sp³-hybridized carbons (Fsp3) is 0.741. The van der Waals surface area contributed by atoms with E-state index in [1.165, 1.54) is 55.2 Å². The van der Waals surface area contributed by atoms with E-state index >= 15 is 0 Å². The molecule has 0 N–H and O–H groups in total. The lowest BCUT2D eigenvalue weighted by atomic mass is 9.59. The predicted molar refractivity (Wildman–Crippen MR) is 120 cm³/mol. The van der Waals surface area contributed by atoms with Crippen LogP contribution in [0.4, 0.5) is 0 Å². The second-order valence-electron chi connectivity index (χ2n) is 10.5. The number of hydrogen-bond acceptors (Lipinski definition) is 1. The Balaban J connectivity index is 1.62. The maximum Gasteiger partial charge on any atom is 0.155 e. The SMILES string of the molecule is C=C(CCC=C(C)C)C1CCC2C(CCC3=CC(=O)CCC3C)CCCC12C. The lowest BCUT2D eigenvalue weighted by molar-refractivity contribution is -0.115. The third-order valence-corrected chi connectivity index (χ3v) is 8.39. The van der Waals surface area contributed by atoms with Gasteiger partial charge in [0, 0.05) is 6.42 Å². The van der Waals surface area contributed by atoms with Gasteiger partial charge >= 0.3 is 0 Å². The Hall–Kier alpha value is -1.11. The molecular weight excluding hydrogens is 340 g/mol. The third kappa shape index (κ3) is 4.71. The van der Waals surface area contributed by atoms with Crippen molar-refractivity contribution in [3.63, 3.8) is 0 Å². The molecule has 5 unspecified atom stereocenters. The topological polar surface area (TPSA) is 17.1 Å². The van der Waals surface area contributed by atoms with Crippen molar-refractivity contribution in [2.75, 3.05) is 0 Å². The first kappa shape index (κ1) is 21.6. The number of allylic oxidation sites excluding steroid dienone is 5. The molecule has 3 aliphatic carbocycles. The Kier molecular flexibility index (Phi) is 7.05. The van der Waals surface area contributed by atoms with Crippen LogP contribution in [0.3, 0.4) is 0 Å². The minimum atomic E-state index is 0.357. The number of carbonyl (C=O) groups is 1. The normalized spacial score (nSPS) is 35.3. The summed E-state index contributed by atoms with van der Waals surface area (Å²) in [6.45, 7) is 13.8. The molecule has 2 saturated carbocycles. The molecule has 3 aliphatic rings. The summed E-state index contributed by atoms with van der Waals surface area (Å²) in [5.41, 5.74) is 4.83. The highest BCUT2D eigenvalue weighted by molar-refractivity contribution is 5.91. The van der Waals surface area contributed by atoms with E-state index in [-0.39, 0.29) is 0 Å². The number of ketones is 1. The monoisotopic (exact) mass is 382 g/mol. The first-order valence-electron chi connectivity index (χ1n) is 11.9. The van der Waals surface area contributed by atoms with Gasteiger partial charge in [-0.1, -0.05) is 56.1 Å². The van der Waals surface area contributed by atoms with Crippen molar-refractivity contribution < 1.29 is 4.79 Å². The lowest BCUT2D eigenvalue weighted by Crippen LogP contribution is -2.37. The molecule has 0 spiro atoms. The van der Waals surface area contributed by atoms with Gasteiger partial charge in [-0.25, -0.2) is 0 Å². The summed E-state index contributed by atoms with van der Waals surface area (Å²) in [6, 6.07) is 0. The molecule has 1 heteroatoms. The van der Waals surface area contributed by atoms with Crippen LogP contribution in [0.5, 0.6) is 0 Å². The van der Waals surface area contributed by atoms with Gasteiger partial charge in [0.1, 0.15) is 0 Å². The predicted octanol–water partition coefficient (Wildman–Crippen LogP) is 7.83. The summed E-state index contributed by atoms with van der Waals surface area (Å²) in [5.74, 6) is 3.40. The highest BCUT2D eigenvalue weighted by Gasteiger charge is 2.51. The molecule has 5 atom stereocenters. The van der Waals surface area contributed by atoms with Crippen LogP contribution in [-0.2, 0) is 4.79 Å². The number of hydrogen-bond donors (Lipinski definition) is 0. The van der Waals surface area contributed by atoms with Crippen molar-refractivity contribution in [2.24, 2.45) is 29.1 Å². The van der Waals surface area contributed by atoms with Crippen LogP contribution in [0.2, 0.25) is 0 Å². The van der Waals surface area contributed by atoms with Crippen LogP contribution >= 0.6 is 0 Å². The molecule has 1 nitrogen and oxygen atoms in total. The van der Waals surface area contributed by atoms with Crippen molar-refractivity contribution in [2.45, 2.75) is 98.3 Å². The molecule has 0 bridgehead atoms. The van der Waals surface area contributed by atoms with Crippen LogP contribution in [0.25, 0.3) is 0 Å². The summed E-state index contributed by atoms with van der Waals surface area (Å²) in [7, 11) is 0. The van der Waals surface area contributed by atoms with Gasteiger partial charge in [0.25, 0.3) is 0 Å². The smallest absolute Gasteiger partial charge is 0.155 e. The second-order valence-corrected chi connectivity index (χ2v) is 10.5. The standard InChI is InChI=1S/C27H42O/c1-19(2)8-6-9-21(4)25-15-16-26-22(10-7-17-27(25,26)5)12-13-23-18-24(28)14-11-20(23)3/h8,18,20,22,25-26H,4,6-7,9-17H2,1-3,5H3. The molecular formula is C27H42O. The molecule has 0 radical (unpaired) electrons. The minimum Gasteiger partial charge on any atom is -0.295 e. The Labute approximate surface area is 173 Å². The van der Waals surface area contributed by atoms with Crippen molar-refractivity contribution >= 4 is 5.78 Å². The Morgan fingerprint density at radius 1 is 1.25 bits per heavy atom. The molecule has 0 aromatic carbocycles. The van der Waals surface area contributed by atoms with Gasteiger partial charge in [-0.15, -0.1) is 0 Å². The average molecular weight is 383 g/mol. The highest BCUT2D eigenvalue weighted by Crippen LogP contribution is 2.60. The maximum absolute atomic E-state index is 11.9. The molecule has 2 fully saturated rings. The highest BCUT2D eigenvalue weighted by atomic mass is 16.1. The first-order valence-corrected chi connectivity index (χ1v) is 11.9. The van der Waals surface area contributed by atoms with E-state index in [1.54, 1.807) is 0 Å². The first-order chi connectivity index (χ1) is 13.3. The second kappa shape index (κ2) is 9.14. The van der Waals surface area contributed by atoms with Gasteiger partial charge in [-0.3, -0.25) is 4.79 Å². The molecule has 0 aliphatic heterocycles. The molecule has 0 saturated heterocycles. The van der Waals surface area contributed by atoms with E-state index in [0.717, 1.165) is 49.9 Å². The molecule has 3 rings (SSSR count). The van der Waals surface area contributed by atoms with E-state index in [1.807, 2.05) is 6.08 Å². The van der Waals surface area contributed by atoms with Crippen molar-refractivity contribution in [1.82, 2.24) is 0 Å². The Bertz CT molecular complexity index is 647. The zero-order valence-corrected chi connectivity index (χ0v) is 18.9. The molecule has 0 heterocycles. The average Bonchev–Trinajstić information content (AvgIpc) is 2.99. The van der Waals surface area contributed by atoms with Crippen LogP contribution in [-0.4, -0.2) is 5.78 Å². The van der Waals surface area contributed by atoms with Gasteiger partial charge < -0.3 is 0 Å². The molecule has 156 valence electrons. The summed E-state index contributed by atoms with van der Waals surface area (Å²) in [6.07, 6.45) is 17.8. The zero-order chi connectivity index (χ0) is 20.3. The summed E-state index contributed by atoms with van der Waals surface area (Å²) in [5, 5.41) is 0. The van der Waals surface area contributed by atoms with E-state index < -0.39 is 0 Å². The van der Waals surface area contributed by atoms with Crippen LogP contribution in [0.15, 0.2) is 35.5 Å². The molecule has 0 amide bonds. The van der Waals surface area contributed by atoms with Gasteiger partial charge in [0.15, 0.2) is 5.78 Å². The van der Waals surface area contributed by atoms with Crippen LogP contribution in [0, 0.1) is 29.1 Å². The van der Waals surface area contributed by atoms with E-state index in [9.17, 15) is 4.79 Å². The Morgan fingerprint density at radius 3 is 2.79 bits per heavy atom. The third-order valence-electron chi connectivity index (χ3n) is 8.39. The summed E-state index contributed by atoms with van der Waals surface area (Å²) in [4.78, 5) is 11.9. The molecule has 28 heavy (non-hydrogen) atoms. The largest absolute Gasteiger partial charge is 0.295 e. The summed E-state index contributed by atoms with van der Waals surface area (Å²) < 4.78 is 0. The maximum atomic E-state index is 11.9. The lowest BCUT2D eigenvalue weighted by Gasteiger charge is -2.46. The van der Waals surface area contributed by atoms with Crippen LogP contribution in [0.1, 0.15) is 98.3 Å². The summed E-state index contributed by atoms with van der Waals surface area (Å²) >= 11 is 0. The minimum absolute atomic E-state index is 0.357. The van der Waals surface area contributed by atoms with E-state index in [0.29, 0.717) is 17.1 Å². The van der Waals surface area contributed by atoms with Gasteiger partial charge in [-0.2, -0.15) is 0 Å². The van der Waals surface area contributed by atoms with Crippen molar-refractivity contribution in [1.29, 1.82) is 0 Å². The quantitative estimate of drug-likeness (QED) is 0.410. The van der Waals surface area contributed by atoms with Crippen molar-refractivity contribution in [3.05, 3.63) is 35.5 Å². The molecule has 0 aromatic heterocycles. The fourth-order valence-corrected chi connectivity index (χ4v) is 6.72.